The molecule has 4 rings (SSSR count). The first-order valence-electron chi connectivity index (χ1n) is 7.99. The molecule has 0 amide bonds. The lowest BCUT2D eigenvalue weighted by Gasteiger charge is -2.23. The second-order valence-electron chi connectivity index (χ2n) is 6.01. The highest BCUT2D eigenvalue weighted by Gasteiger charge is 2.20. The molecule has 3 aromatic rings. The van der Waals surface area contributed by atoms with Gasteiger partial charge >= 0.3 is 0 Å². The molecular formula is C17H20N6. The predicted octanol–water partition coefficient (Wildman–Crippen LogP) is 1.88. The maximum absolute atomic E-state index is 4.45. The minimum absolute atomic E-state index is 0.455. The van der Waals surface area contributed by atoms with E-state index < -0.39 is 0 Å². The third-order valence-corrected chi connectivity index (χ3v) is 4.30. The van der Waals surface area contributed by atoms with Crippen molar-refractivity contribution in [1.29, 1.82) is 0 Å². The molecule has 1 N–H and O–H groups in total. The molecule has 1 atom stereocenters. The summed E-state index contributed by atoms with van der Waals surface area (Å²) >= 11 is 0. The molecule has 0 saturated carbocycles. The molecule has 0 spiro atoms. The van der Waals surface area contributed by atoms with Gasteiger partial charge in [-0.2, -0.15) is 5.10 Å². The van der Waals surface area contributed by atoms with Crippen LogP contribution in [0.4, 0.5) is 0 Å². The van der Waals surface area contributed by atoms with E-state index in [0.717, 1.165) is 43.3 Å². The number of aryl methyl sites for hydroxylation is 2. The fourth-order valence-electron chi connectivity index (χ4n) is 3.06. The van der Waals surface area contributed by atoms with Crippen LogP contribution in [0.3, 0.4) is 0 Å². The smallest absolute Gasteiger partial charge is 0.147 e. The summed E-state index contributed by atoms with van der Waals surface area (Å²) in [6.07, 6.45) is 7.67. The van der Waals surface area contributed by atoms with Crippen molar-refractivity contribution < 1.29 is 0 Å². The number of hydrogen-bond donors (Lipinski definition) is 1. The fourth-order valence-corrected chi connectivity index (χ4v) is 3.06. The van der Waals surface area contributed by atoms with Gasteiger partial charge in [-0.15, -0.1) is 0 Å². The Kier molecular flexibility index (Phi) is 3.67. The van der Waals surface area contributed by atoms with Gasteiger partial charge in [0.15, 0.2) is 0 Å². The lowest BCUT2D eigenvalue weighted by molar-refractivity contribution is 0.357. The Morgan fingerprint density at radius 2 is 2.13 bits per heavy atom. The first kappa shape index (κ1) is 14.1. The Hall–Kier alpha value is -2.47. The Balaban J connectivity index is 1.36. The first-order chi connectivity index (χ1) is 11.3. The first-order valence-corrected chi connectivity index (χ1v) is 7.99. The average Bonchev–Trinajstić information content (AvgIpc) is 3.21. The van der Waals surface area contributed by atoms with Gasteiger partial charge in [0.25, 0.3) is 0 Å². The van der Waals surface area contributed by atoms with Crippen LogP contribution in [0.2, 0.25) is 0 Å². The van der Waals surface area contributed by atoms with E-state index in [1.54, 1.807) is 6.20 Å². The van der Waals surface area contributed by atoms with Gasteiger partial charge in [0, 0.05) is 37.1 Å². The minimum atomic E-state index is 0.455. The van der Waals surface area contributed by atoms with Gasteiger partial charge in [0.05, 0.1) is 12.9 Å². The fraction of sp³-hybridized carbons (Fsp3) is 0.353. The Morgan fingerprint density at radius 3 is 2.91 bits per heavy atom. The van der Waals surface area contributed by atoms with Crippen molar-refractivity contribution in [2.75, 3.05) is 0 Å². The van der Waals surface area contributed by atoms with Crippen molar-refractivity contribution in [2.24, 2.45) is 0 Å². The number of fused-ring (bicyclic) bond motifs is 1. The van der Waals surface area contributed by atoms with Crippen LogP contribution in [0.1, 0.15) is 23.6 Å². The van der Waals surface area contributed by atoms with Crippen LogP contribution in [-0.2, 0) is 19.5 Å². The summed E-state index contributed by atoms with van der Waals surface area (Å²) in [5.41, 5.74) is 2.42. The normalized spacial score (nSPS) is 17.2. The Labute approximate surface area is 135 Å². The largest absolute Gasteiger partial charge is 0.308 e. The zero-order chi connectivity index (χ0) is 15.6. The van der Waals surface area contributed by atoms with Crippen LogP contribution < -0.4 is 5.32 Å². The van der Waals surface area contributed by atoms with Crippen LogP contribution in [0.25, 0.3) is 5.69 Å². The van der Waals surface area contributed by atoms with Crippen molar-refractivity contribution in [1.82, 2.24) is 29.6 Å². The van der Waals surface area contributed by atoms with E-state index in [2.05, 4.69) is 44.6 Å². The van der Waals surface area contributed by atoms with E-state index in [1.165, 1.54) is 5.56 Å². The third-order valence-electron chi connectivity index (χ3n) is 4.30. The van der Waals surface area contributed by atoms with Crippen molar-refractivity contribution in [3.63, 3.8) is 0 Å². The number of benzene rings is 1. The lowest BCUT2D eigenvalue weighted by Crippen LogP contribution is -2.37. The van der Waals surface area contributed by atoms with E-state index in [0.29, 0.717) is 6.04 Å². The molecule has 0 aliphatic carbocycles. The summed E-state index contributed by atoms with van der Waals surface area (Å²) < 4.78 is 4.05. The van der Waals surface area contributed by atoms with E-state index in [9.17, 15) is 0 Å². The SMILES string of the molecule is Cc1nc2n(n1)CC(NCc1ccc(-n3ccnc3)cc1)CC2. The van der Waals surface area contributed by atoms with E-state index in [1.807, 2.05) is 28.7 Å². The highest BCUT2D eigenvalue weighted by Crippen LogP contribution is 2.14. The van der Waals surface area contributed by atoms with E-state index in [-0.39, 0.29) is 0 Å². The van der Waals surface area contributed by atoms with Gasteiger partial charge < -0.3 is 9.88 Å². The summed E-state index contributed by atoms with van der Waals surface area (Å²) in [5.74, 6) is 1.99. The molecule has 6 nitrogen and oxygen atoms in total. The summed E-state index contributed by atoms with van der Waals surface area (Å²) in [5, 5.41) is 8.09. The molecule has 118 valence electrons. The highest BCUT2D eigenvalue weighted by molar-refractivity contribution is 5.34. The second-order valence-corrected chi connectivity index (χ2v) is 6.01. The zero-order valence-corrected chi connectivity index (χ0v) is 13.2. The summed E-state index contributed by atoms with van der Waals surface area (Å²) in [4.78, 5) is 8.53. The molecule has 2 aromatic heterocycles. The Bertz CT molecular complexity index is 772. The standard InChI is InChI=1S/C17H20N6/c1-13-20-17-7-4-15(11-23(17)21-13)19-10-14-2-5-16(6-3-14)22-9-8-18-12-22/h2-3,5-6,8-9,12,15,19H,4,7,10-11H2,1H3. The second kappa shape index (κ2) is 5.96. The number of nitrogens with one attached hydrogen (secondary N) is 1. The van der Waals surface area contributed by atoms with Gasteiger partial charge in [0.2, 0.25) is 0 Å². The van der Waals surface area contributed by atoms with Gasteiger partial charge in [-0.3, -0.25) is 0 Å². The minimum Gasteiger partial charge on any atom is -0.308 e. The topological polar surface area (TPSA) is 60.6 Å². The van der Waals surface area contributed by atoms with Gasteiger partial charge in [-0.1, -0.05) is 12.1 Å². The average molecular weight is 308 g/mol. The van der Waals surface area contributed by atoms with Crippen molar-refractivity contribution in [2.45, 2.75) is 38.9 Å². The van der Waals surface area contributed by atoms with E-state index in [4.69, 9.17) is 0 Å². The molecule has 0 radical (unpaired) electrons. The molecule has 1 aliphatic heterocycles. The van der Waals surface area contributed by atoms with Gasteiger partial charge in [-0.25, -0.2) is 14.6 Å². The maximum atomic E-state index is 4.45. The summed E-state index contributed by atoms with van der Waals surface area (Å²) in [7, 11) is 0. The number of imidazole rings is 1. The molecule has 1 unspecified atom stereocenters. The monoisotopic (exact) mass is 308 g/mol. The third kappa shape index (κ3) is 3.03. The number of rotatable bonds is 4. The van der Waals surface area contributed by atoms with Crippen molar-refractivity contribution >= 4 is 0 Å². The van der Waals surface area contributed by atoms with Crippen LogP contribution >= 0.6 is 0 Å². The summed E-state index contributed by atoms with van der Waals surface area (Å²) in [6, 6.07) is 9.03. The highest BCUT2D eigenvalue weighted by atomic mass is 15.4. The number of hydrogen-bond acceptors (Lipinski definition) is 4. The molecule has 23 heavy (non-hydrogen) atoms. The van der Waals surface area contributed by atoms with Crippen LogP contribution in [-0.4, -0.2) is 30.4 Å². The van der Waals surface area contributed by atoms with Crippen molar-refractivity contribution in [3.05, 3.63) is 60.2 Å². The Morgan fingerprint density at radius 1 is 1.26 bits per heavy atom. The van der Waals surface area contributed by atoms with Crippen LogP contribution in [0.15, 0.2) is 43.0 Å². The number of nitrogens with zero attached hydrogens (tertiary/aromatic N) is 5. The molecule has 3 heterocycles. The predicted molar refractivity (Wildman–Crippen MR) is 87.3 cm³/mol. The van der Waals surface area contributed by atoms with Crippen LogP contribution in [0.5, 0.6) is 0 Å². The molecule has 0 bridgehead atoms. The molecule has 1 aliphatic rings. The van der Waals surface area contributed by atoms with Crippen molar-refractivity contribution in [3.8, 4) is 5.69 Å². The molecule has 6 heteroatoms. The molecular weight excluding hydrogens is 288 g/mol. The van der Waals surface area contributed by atoms with Gasteiger partial charge in [-0.05, 0) is 31.0 Å². The van der Waals surface area contributed by atoms with E-state index >= 15 is 0 Å². The molecule has 0 saturated heterocycles. The number of aromatic nitrogens is 5. The maximum Gasteiger partial charge on any atom is 0.147 e. The summed E-state index contributed by atoms with van der Waals surface area (Å²) in [6.45, 7) is 3.73. The zero-order valence-electron chi connectivity index (χ0n) is 13.2. The molecule has 0 fully saturated rings. The van der Waals surface area contributed by atoms with Crippen LogP contribution in [0, 0.1) is 6.92 Å². The van der Waals surface area contributed by atoms with Gasteiger partial charge in [0.1, 0.15) is 11.6 Å². The molecule has 1 aromatic carbocycles. The lowest BCUT2D eigenvalue weighted by atomic mass is 10.1. The quantitative estimate of drug-likeness (QED) is 0.799.